The third-order valence-electron chi connectivity index (χ3n) is 2.62. The Balaban J connectivity index is 2.52. The van der Waals surface area contributed by atoms with Crippen molar-refractivity contribution in [3.05, 3.63) is 29.3 Å². The van der Waals surface area contributed by atoms with E-state index in [4.69, 9.17) is 19.9 Å². The Morgan fingerprint density at radius 1 is 1.19 bits per heavy atom. The average Bonchev–Trinajstić information content (AvgIpc) is 2.43. The summed E-state index contributed by atoms with van der Waals surface area (Å²) in [5, 5.41) is 0. The van der Waals surface area contributed by atoms with Gasteiger partial charge in [0.05, 0.1) is 44.6 Å². The largest absolute Gasteiger partial charge is 0.495 e. The second-order valence-corrected chi connectivity index (χ2v) is 5.55. The van der Waals surface area contributed by atoms with E-state index in [0.717, 1.165) is 16.9 Å². The van der Waals surface area contributed by atoms with E-state index in [2.05, 4.69) is 11.8 Å². The fraction of sp³-hybridized carbons (Fsp3) is 0.529. The minimum Gasteiger partial charge on any atom is -0.495 e. The molecule has 1 rings (SSSR count). The van der Waals surface area contributed by atoms with Crippen LogP contribution in [0.3, 0.4) is 0 Å². The smallest absolute Gasteiger partial charge is 0.134 e. The molecule has 0 aromatic heterocycles. The number of methoxy groups -OCH3 is 1. The second-order valence-electron chi connectivity index (χ2n) is 5.55. The van der Waals surface area contributed by atoms with Crippen LogP contribution in [0, 0.1) is 11.8 Å². The Morgan fingerprint density at radius 3 is 2.57 bits per heavy atom. The summed E-state index contributed by atoms with van der Waals surface area (Å²) in [6.07, 6.45) is 0. The SMILES string of the molecule is COc1ccc(COCCOC(C)(C)C)cc1C#CCN. The summed E-state index contributed by atoms with van der Waals surface area (Å²) in [6.45, 7) is 8.08. The van der Waals surface area contributed by atoms with Crippen LogP contribution in [0.15, 0.2) is 18.2 Å². The number of ether oxygens (including phenoxy) is 3. The monoisotopic (exact) mass is 291 g/mol. The predicted octanol–water partition coefficient (Wildman–Crippen LogP) is 2.34. The molecule has 0 saturated heterocycles. The molecule has 0 aliphatic rings. The van der Waals surface area contributed by atoms with Gasteiger partial charge in [-0.25, -0.2) is 0 Å². The maximum Gasteiger partial charge on any atom is 0.134 e. The van der Waals surface area contributed by atoms with E-state index in [1.807, 2.05) is 39.0 Å². The first-order valence-electron chi connectivity index (χ1n) is 7.04. The van der Waals surface area contributed by atoms with Crippen molar-refractivity contribution in [3.63, 3.8) is 0 Å². The third kappa shape index (κ3) is 7.14. The maximum absolute atomic E-state index is 5.61. The summed E-state index contributed by atoms with van der Waals surface area (Å²) in [6, 6.07) is 5.83. The van der Waals surface area contributed by atoms with Gasteiger partial charge in [0.15, 0.2) is 0 Å². The van der Waals surface area contributed by atoms with Crippen molar-refractivity contribution in [3.8, 4) is 17.6 Å². The van der Waals surface area contributed by atoms with Crippen LogP contribution in [0.4, 0.5) is 0 Å². The molecule has 0 radical (unpaired) electrons. The van der Waals surface area contributed by atoms with Crippen LogP contribution in [0.1, 0.15) is 31.9 Å². The van der Waals surface area contributed by atoms with Crippen molar-refractivity contribution < 1.29 is 14.2 Å². The summed E-state index contributed by atoms with van der Waals surface area (Å²) in [4.78, 5) is 0. The lowest BCUT2D eigenvalue weighted by Crippen LogP contribution is -2.21. The molecule has 0 aliphatic carbocycles. The van der Waals surface area contributed by atoms with Gasteiger partial charge in [-0.2, -0.15) is 0 Å². The molecule has 0 bridgehead atoms. The van der Waals surface area contributed by atoms with E-state index in [9.17, 15) is 0 Å². The van der Waals surface area contributed by atoms with E-state index in [0.29, 0.717) is 26.4 Å². The summed E-state index contributed by atoms with van der Waals surface area (Å²) in [5.41, 5.74) is 7.15. The van der Waals surface area contributed by atoms with Gasteiger partial charge in [-0.15, -0.1) is 0 Å². The normalized spacial score (nSPS) is 10.9. The van der Waals surface area contributed by atoms with Gasteiger partial charge in [0.25, 0.3) is 0 Å². The van der Waals surface area contributed by atoms with Crippen LogP contribution in [0.2, 0.25) is 0 Å². The fourth-order valence-electron chi connectivity index (χ4n) is 1.69. The van der Waals surface area contributed by atoms with Gasteiger partial charge >= 0.3 is 0 Å². The van der Waals surface area contributed by atoms with Crippen LogP contribution in [0.5, 0.6) is 5.75 Å². The molecule has 1 aromatic rings. The highest BCUT2D eigenvalue weighted by atomic mass is 16.5. The van der Waals surface area contributed by atoms with E-state index < -0.39 is 0 Å². The lowest BCUT2D eigenvalue weighted by Gasteiger charge is -2.19. The molecule has 0 aliphatic heterocycles. The summed E-state index contributed by atoms with van der Waals surface area (Å²) in [5.74, 6) is 6.59. The van der Waals surface area contributed by atoms with Gasteiger partial charge in [0, 0.05) is 0 Å². The molecule has 21 heavy (non-hydrogen) atoms. The Kier molecular flexibility index (Phi) is 7.24. The minimum absolute atomic E-state index is 0.131. The van der Waals surface area contributed by atoms with Crippen LogP contribution in [-0.2, 0) is 16.1 Å². The number of hydrogen-bond acceptors (Lipinski definition) is 4. The number of nitrogens with two attached hydrogens (primary N) is 1. The molecule has 0 saturated carbocycles. The first kappa shape index (κ1) is 17.5. The molecular formula is C17H25NO3. The molecule has 4 nitrogen and oxygen atoms in total. The number of benzene rings is 1. The Labute approximate surface area is 127 Å². The highest BCUT2D eigenvalue weighted by Crippen LogP contribution is 2.19. The molecule has 1 aromatic carbocycles. The molecule has 0 atom stereocenters. The van der Waals surface area contributed by atoms with Crippen molar-refractivity contribution in [2.45, 2.75) is 33.0 Å². The summed E-state index contributed by atoms with van der Waals surface area (Å²) < 4.78 is 16.5. The zero-order valence-corrected chi connectivity index (χ0v) is 13.4. The first-order chi connectivity index (χ1) is 9.96. The lowest BCUT2D eigenvalue weighted by atomic mass is 10.1. The van der Waals surface area contributed by atoms with Gasteiger partial charge in [-0.3, -0.25) is 0 Å². The highest BCUT2D eigenvalue weighted by molar-refractivity contribution is 5.48. The number of rotatable bonds is 6. The Hall–Kier alpha value is -1.54. The minimum atomic E-state index is -0.131. The summed E-state index contributed by atoms with van der Waals surface area (Å²) >= 11 is 0. The maximum atomic E-state index is 5.61. The topological polar surface area (TPSA) is 53.7 Å². The van der Waals surface area contributed by atoms with Crippen LogP contribution in [0.25, 0.3) is 0 Å². The quantitative estimate of drug-likeness (QED) is 0.645. The predicted molar refractivity (Wildman–Crippen MR) is 84.3 cm³/mol. The van der Waals surface area contributed by atoms with E-state index in [1.165, 1.54) is 0 Å². The van der Waals surface area contributed by atoms with Gasteiger partial charge in [0.2, 0.25) is 0 Å². The van der Waals surface area contributed by atoms with Gasteiger partial charge in [-0.1, -0.05) is 17.9 Å². The lowest BCUT2D eigenvalue weighted by molar-refractivity contribution is -0.0376. The van der Waals surface area contributed by atoms with E-state index in [1.54, 1.807) is 7.11 Å². The summed E-state index contributed by atoms with van der Waals surface area (Å²) in [7, 11) is 1.63. The molecular weight excluding hydrogens is 266 g/mol. The molecule has 0 spiro atoms. The van der Waals surface area contributed by atoms with Crippen LogP contribution < -0.4 is 10.5 Å². The van der Waals surface area contributed by atoms with Crippen molar-refractivity contribution in [2.24, 2.45) is 5.73 Å². The highest BCUT2D eigenvalue weighted by Gasteiger charge is 2.09. The zero-order valence-electron chi connectivity index (χ0n) is 13.4. The molecule has 0 fully saturated rings. The molecule has 2 N–H and O–H groups in total. The van der Waals surface area contributed by atoms with Crippen molar-refractivity contribution in [1.29, 1.82) is 0 Å². The Morgan fingerprint density at radius 2 is 1.95 bits per heavy atom. The van der Waals surface area contributed by atoms with Crippen LogP contribution in [-0.4, -0.2) is 32.5 Å². The molecule has 4 heteroatoms. The molecule has 0 heterocycles. The number of hydrogen-bond donors (Lipinski definition) is 1. The molecule has 0 amide bonds. The van der Waals surface area contributed by atoms with E-state index >= 15 is 0 Å². The fourth-order valence-corrected chi connectivity index (χ4v) is 1.69. The molecule has 0 unspecified atom stereocenters. The van der Waals surface area contributed by atoms with Gasteiger partial charge in [-0.05, 0) is 38.5 Å². The van der Waals surface area contributed by atoms with Crippen molar-refractivity contribution >= 4 is 0 Å². The van der Waals surface area contributed by atoms with Crippen molar-refractivity contribution in [1.82, 2.24) is 0 Å². The average molecular weight is 291 g/mol. The molecule has 116 valence electrons. The van der Waals surface area contributed by atoms with Crippen molar-refractivity contribution in [2.75, 3.05) is 26.9 Å². The van der Waals surface area contributed by atoms with Crippen LogP contribution >= 0.6 is 0 Å². The first-order valence-corrected chi connectivity index (χ1v) is 7.04. The second kappa shape index (κ2) is 8.68. The third-order valence-corrected chi connectivity index (χ3v) is 2.62. The Bertz CT molecular complexity index is 495. The zero-order chi connectivity index (χ0) is 15.7. The van der Waals surface area contributed by atoms with Gasteiger partial charge < -0.3 is 19.9 Å². The van der Waals surface area contributed by atoms with E-state index in [-0.39, 0.29) is 5.60 Å². The van der Waals surface area contributed by atoms with Gasteiger partial charge in [0.1, 0.15) is 5.75 Å². The standard InChI is InChI=1S/C17H25NO3/c1-17(2,3)21-11-10-20-13-14-7-8-16(19-4)15(12-14)6-5-9-18/h7-8,12H,9-11,13,18H2,1-4H3.